The third-order valence-electron chi connectivity index (χ3n) is 2.59. The summed E-state index contributed by atoms with van der Waals surface area (Å²) in [6.45, 7) is 4.91. The fourth-order valence-electron chi connectivity index (χ4n) is 1.68. The number of nitrogen functional groups attached to an aromatic ring is 1. The maximum atomic E-state index is 12.1. The molecule has 5 heteroatoms. The molecular weight excluding hydrogens is 242 g/mol. The van der Waals surface area contributed by atoms with Crippen LogP contribution in [0.3, 0.4) is 0 Å². The van der Waals surface area contributed by atoms with Crippen LogP contribution in [0.1, 0.15) is 24.2 Å². The van der Waals surface area contributed by atoms with E-state index in [1.165, 1.54) is 0 Å². The number of carbonyl (C=O) groups is 1. The molecule has 1 aromatic rings. The van der Waals surface area contributed by atoms with Gasteiger partial charge in [-0.15, -0.1) is 0 Å². The highest BCUT2D eigenvalue weighted by atomic mass is 16.5. The van der Waals surface area contributed by atoms with Gasteiger partial charge >= 0.3 is 0 Å². The molecule has 0 heterocycles. The van der Waals surface area contributed by atoms with Crippen LogP contribution in [-0.4, -0.2) is 39.3 Å². The van der Waals surface area contributed by atoms with Gasteiger partial charge < -0.3 is 20.7 Å². The third-order valence-corrected chi connectivity index (χ3v) is 2.59. The first-order valence-electron chi connectivity index (χ1n) is 6.38. The first-order chi connectivity index (χ1) is 8.91. The summed E-state index contributed by atoms with van der Waals surface area (Å²) >= 11 is 0. The standard InChI is InChI=1S/C14H23N3O2/c1-10(2)19-8-7-16-14(18)12-9-11(15)5-6-13(12)17(3)4/h5-6,9-10H,7-8,15H2,1-4H3,(H,16,18). The number of ether oxygens (including phenoxy) is 1. The van der Waals surface area contributed by atoms with Gasteiger partial charge in [-0.05, 0) is 32.0 Å². The predicted octanol–water partition coefficient (Wildman–Crippen LogP) is 1.49. The molecule has 3 N–H and O–H groups in total. The van der Waals surface area contributed by atoms with Crippen molar-refractivity contribution >= 4 is 17.3 Å². The number of benzene rings is 1. The Morgan fingerprint density at radius 1 is 1.42 bits per heavy atom. The Kier molecular flexibility index (Phi) is 5.63. The van der Waals surface area contributed by atoms with Gasteiger partial charge in [0, 0.05) is 32.0 Å². The molecule has 0 saturated heterocycles. The Labute approximate surface area is 114 Å². The molecule has 0 fully saturated rings. The molecule has 0 aliphatic heterocycles. The fraction of sp³-hybridized carbons (Fsp3) is 0.500. The topological polar surface area (TPSA) is 67.6 Å². The molecule has 0 aliphatic carbocycles. The smallest absolute Gasteiger partial charge is 0.253 e. The van der Waals surface area contributed by atoms with Crippen molar-refractivity contribution in [2.75, 3.05) is 37.9 Å². The van der Waals surface area contributed by atoms with Crippen LogP contribution in [0.15, 0.2) is 18.2 Å². The molecule has 0 aliphatic rings. The molecule has 0 spiro atoms. The van der Waals surface area contributed by atoms with E-state index in [0.717, 1.165) is 5.69 Å². The van der Waals surface area contributed by atoms with E-state index in [1.54, 1.807) is 12.1 Å². The average Bonchev–Trinajstić information content (AvgIpc) is 2.33. The number of carbonyl (C=O) groups excluding carboxylic acids is 1. The number of nitrogens with one attached hydrogen (secondary N) is 1. The molecule has 0 radical (unpaired) electrons. The Morgan fingerprint density at radius 3 is 2.68 bits per heavy atom. The molecule has 1 rings (SSSR count). The molecule has 0 aromatic heterocycles. The van der Waals surface area contributed by atoms with Gasteiger partial charge in [-0.25, -0.2) is 0 Å². The van der Waals surface area contributed by atoms with Crippen LogP contribution in [0.5, 0.6) is 0 Å². The number of hydrogen-bond acceptors (Lipinski definition) is 4. The van der Waals surface area contributed by atoms with Crippen LogP contribution in [-0.2, 0) is 4.74 Å². The van der Waals surface area contributed by atoms with Crippen LogP contribution in [0.2, 0.25) is 0 Å². The fourth-order valence-corrected chi connectivity index (χ4v) is 1.68. The van der Waals surface area contributed by atoms with E-state index in [1.807, 2.05) is 38.9 Å². The summed E-state index contributed by atoms with van der Waals surface area (Å²) in [5.41, 5.74) is 7.74. The van der Waals surface area contributed by atoms with E-state index < -0.39 is 0 Å². The van der Waals surface area contributed by atoms with E-state index in [2.05, 4.69) is 5.32 Å². The van der Waals surface area contributed by atoms with Gasteiger partial charge in [0.25, 0.3) is 5.91 Å². The second-order valence-electron chi connectivity index (χ2n) is 4.85. The normalized spacial score (nSPS) is 10.6. The lowest BCUT2D eigenvalue weighted by atomic mass is 10.1. The molecule has 0 unspecified atom stereocenters. The zero-order valence-corrected chi connectivity index (χ0v) is 12.1. The Hall–Kier alpha value is -1.75. The summed E-state index contributed by atoms with van der Waals surface area (Å²) in [7, 11) is 3.79. The second kappa shape index (κ2) is 6.99. The van der Waals surface area contributed by atoms with Crippen LogP contribution < -0.4 is 16.0 Å². The van der Waals surface area contributed by atoms with Gasteiger partial charge in [0.05, 0.1) is 18.3 Å². The molecule has 0 saturated carbocycles. The minimum absolute atomic E-state index is 0.136. The van der Waals surface area contributed by atoms with Crippen molar-refractivity contribution in [2.45, 2.75) is 20.0 Å². The zero-order chi connectivity index (χ0) is 14.4. The first kappa shape index (κ1) is 15.3. The van der Waals surface area contributed by atoms with Gasteiger partial charge in [-0.2, -0.15) is 0 Å². The monoisotopic (exact) mass is 265 g/mol. The Morgan fingerprint density at radius 2 is 2.11 bits per heavy atom. The summed E-state index contributed by atoms with van der Waals surface area (Å²) in [5, 5.41) is 2.83. The minimum atomic E-state index is -0.136. The first-order valence-corrected chi connectivity index (χ1v) is 6.38. The SMILES string of the molecule is CC(C)OCCNC(=O)c1cc(N)ccc1N(C)C. The summed E-state index contributed by atoms with van der Waals surface area (Å²) in [4.78, 5) is 14.0. The van der Waals surface area contributed by atoms with Crippen molar-refractivity contribution in [3.63, 3.8) is 0 Å². The average molecular weight is 265 g/mol. The molecule has 106 valence electrons. The summed E-state index contributed by atoms with van der Waals surface area (Å²) < 4.78 is 5.38. The quantitative estimate of drug-likeness (QED) is 0.604. The maximum Gasteiger partial charge on any atom is 0.253 e. The predicted molar refractivity (Wildman–Crippen MR) is 78.6 cm³/mol. The van der Waals surface area contributed by atoms with Gasteiger partial charge in [-0.1, -0.05) is 0 Å². The number of rotatable bonds is 6. The third kappa shape index (κ3) is 4.79. The lowest BCUT2D eigenvalue weighted by Crippen LogP contribution is -2.29. The van der Waals surface area contributed by atoms with Crippen molar-refractivity contribution in [2.24, 2.45) is 0 Å². The van der Waals surface area contributed by atoms with Gasteiger partial charge in [0.2, 0.25) is 0 Å². The lowest BCUT2D eigenvalue weighted by molar-refractivity contribution is 0.0747. The molecule has 19 heavy (non-hydrogen) atoms. The zero-order valence-electron chi connectivity index (χ0n) is 12.1. The molecule has 1 aromatic carbocycles. The largest absolute Gasteiger partial charge is 0.399 e. The van der Waals surface area contributed by atoms with Crippen molar-refractivity contribution in [1.29, 1.82) is 0 Å². The molecule has 5 nitrogen and oxygen atoms in total. The number of hydrogen-bond donors (Lipinski definition) is 2. The van der Waals surface area contributed by atoms with E-state index in [9.17, 15) is 4.79 Å². The lowest BCUT2D eigenvalue weighted by Gasteiger charge is -2.17. The molecule has 1 amide bonds. The van der Waals surface area contributed by atoms with Crippen LogP contribution >= 0.6 is 0 Å². The van der Waals surface area contributed by atoms with E-state index >= 15 is 0 Å². The Bertz CT molecular complexity index is 431. The van der Waals surface area contributed by atoms with Gasteiger partial charge in [0.15, 0.2) is 0 Å². The van der Waals surface area contributed by atoms with Crippen LogP contribution in [0.4, 0.5) is 11.4 Å². The van der Waals surface area contributed by atoms with Crippen LogP contribution in [0.25, 0.3) is 0 Å². The summed E-state index contributed by atoms with van der Waals surface area (Å²) in [5.74, 6) is -0.136. The van der Waals surface area contributed by atoms with Crippen molar-refractivity contribution < 1.29 is 9.53 Å². The Balaban J connectivity index is 2.68. The van der Waals surface area contributed by atoms with E-state index in [0.29, 0.717) is 24.4 Å². The molecule has 0 bridgehead atoms. The molecule has 0 atom stereocenters. The maximum absolute atomic E-state index is 12.1. The van der Waals surface area contributed by atoms with Crippen molar-refractivity contribution in [3.05, 3.63) is 23.8 Å². The highest BCUT2D eigenvalue weighted by Gasteiger charge is 2.12. The number of nitrogens with two attached hydrogens (primary N) is 1. The summed E-state index contributed by atoms with van der Waals surface area (Å²) in [6.07, 6.45) is 0.168. The number of nitrogens with zero attached hydrogens (tertiary/aromatic N) is 1. The van der Waals surface area contributed by atoms with Crippen LogP contribution in [0, 0.1) is 0 Å². The second-order valence-corrected chi connectivity index (χ2v) is 4.85. The summed E-state index contributed by atoms with van der Waals surface area (Å²) in [6, 6.07) is 5.32. The number of amides is 1. The van der Waals surface area contributed by atoms with E-state index in [-0.39, 0.29) is 12.0 Å². The van der Waals surface area contributed by atoms with E-state index in [4.69, 9.17) is 10.5 Å². The van der Waals surface area contributed by atoms with Crippen molar-refractivity contribution in [1.82, 2.24) is 5.32 Å². The highest BCUT2D eigenvalue weighted by Crippen LogP contribution is 2.21. The van der Waals surface area contributed by atoms with Gasteiger partial charge in [0.1, 0.15) is 0 Å². The molecular formula is C14H23N3O2. The van der Waals surface area contributed by atoms with Crippen molar-refractivity contribution in [3.8, 4) is 0 Å². The number of anilines is 2. The van der Waals surface area contributed by atoms with Gasteiger partial charge in [-0.3, -0.25) is 4.79 Å². The highest BCUT2D eigenvalue weighted by molar-refractivity contribution is 6.00. The minimum Gasteiger partial charge on any atom is -0.399 e.